The Morgan fingerprint density at radius 3 is 2.02 bits per heavy atom. The summed E-state index contributed by atoms with van der Waals surface area (Å²) in [6.07, 6.45) is 6.12. The molecule has 2 aromatic heterocycles. The van der Waals surface area contributed by atoms with Crippen molar-refractivity contribution < 1.29 is 0 Å². The SMILES string of the molecule is CC(C)(C)c1cc2cn(-c3ccc(CNCCCN=C(N)N)cc3)c(=O)nc2[nH]1.C[C@H](N)CCCc1cc(C(C)(C)C)cc(C(C)(C)C)c1. The number of aromatic nitrogens is 3. The first kappa shape index (κ1) is 39.5. The van der Waals surface area contributed by atoms with Crippen molar-refractivity contribution in [2.24, 2.45) is 22.2 Å². The van der Waals surface area contributed by atoms with Crippen molar-refractivity contribution in [2.45, 2.75) is 124 Å². The quantitative estimate of drug-likeness (QED) is 0.0679. The Morgan fingerprint density at radius 2 is 1.49 bits per heavy atom. The topological polar surface area (TPSA) is 153 Å². The Balaban J connectivity index is 0.000000286. The molecule has 9 nitrogen and oxygen atoms in total. The summed E-state index contributed by atoms with van der Waals surface area (Å²) in [7, 11) is 0. The average Bonchev–Trinajstić information content (AvgIpc) is 3.41. The molecule has 9 heteroatoms. The summed E-state index contributed by atoms with van der Waals surface area (Å²) in [5, 5.41) is 4.27. The van der Waals surface area contributed by atoms with Gasteiger partial charge in [-0.3, -0.25) is 9.56 Å². The first-order chi connectivity index (χ1) is 22.7. The number of fused-ring (bicyclic) bond motifs is 1. The highest BCUT2D eigenvalue weighted by atomic mass is 16.1. The summed E-state index contributed by atoms with van der Waals surface area (Å²) in [5.41, 5.74) is 24.5. The third-order valence-corrected chi connectivity index (χ3v) is 8.52. The number of aryl methyl sites for hydroxylation is 1. The van der Waals surface area contributed by atoms with Crippen molar-refractivity contribution >= 4 is 17.0 Å². The van der Waals surface area contributed by atoms with Crippen LogP contribution in [0.3, 0.4) is 0 Å². The van der Waals surface area contributed by atoms with E-state index in [0.29, 0.717) is 18.2 Å². The molecule has 268 valence electrons. The van der Waals surface area contributed by atoms with E-state index in [9.17, 15) is 4.79 Å². The Labute approximate surface area is 294 Å². The second-order valence-corrected chi connectivity index (χ2v) is 16.4. The van der Waals surface area contributed by atoms with Gasteiger partial charge in [0.2, 0.25) is 0 Å². The highest BCUT2D eigenvalue weighted by Gasteiger charge is 2.21. The standard InChI is InChI=1S/C21H29N7O.C19H33N/c1-21(2,3)17-11-15-13-28(20(29)27-18(15)26-17)16-7-5-14(6-8-16)12-24-9-4-10-25-19(22)23;1-14(20)9-8-10-15-11-16(18(2,3)4)13-17(12-15)19(5,6)7/h5-8,11,13,24H,4,9-10,12H2,1-3H3,(H4,22,23,25)(H,26,27,29);11-14H,8-10,20H2,1-7H3/t;14-/m.0/s1. The maximum Gasteiger partial charge on any atom is 0.354 e. The molecule has 0 aliphatic heterocycles. The second-order valence-electron chi connectivity index (χ2n) is 16.4. The van der Waals surface area contributed by atoms with Crippen LogP contribution < -0.4 is 28.2 Å². The van der Waals surface area contributed by atoms with E-state index in [4.69, 9.17) is 17.2 Å². The fourth-order valence-electron chi connectivity index (χ4n) is 5.33. The van der Waals surface area contributed by atoms with Gasteiger partial charge in [0.05, 0.1) is 5.69 Å². The summed E-state index contributed by atoms with van der Waals surface area (Å²) < 4.78 is 1.58. The van der Waals surface area contributed by atoms with Crippen LogP contribution in [-0.2, 0) is 29.2 Å². The predicted octanol–water partition coefficient (Wildman–Crippen LogP) is 6.72. The number of nitrogens with zero attached hydrogens (tertiary/aromatic N) is 3. The Kier molecular flexibility index (Phi) is 13.4. The van der Waals surface area contributed by atoms with Crippen LogP contribution >= 0.6 is 0 Å². The summed E-state index contributed by atoms with van der Waals surface area (Å²) in [6, 6.07) is 17.4. The number of hydrogen-bond donors (Lipinski definition) is 5. The molecule has 0 aliphatic carbocycles. The summed E-state index contributed by atoms with van der Waals surface area (Å²) >= 11 is 0. The van der Waals surface area contributed by atoms with Crippen LogP contribution in [0.4, 0.5) is 0 Å². The van der Waals surface area contributed by atoms with Crippen LogP contribution in [0.5, 0.6) is 0 Å². The zero-order valence-corrected chi connectivity index (χ0v) is 31.7. The Hall–Kier alpha value is -3.95. The van der Waals surface area contributed by atoms with Gasteiger partial charge in [-0.25, -0.2) is 4.79 Å². The average molecular weight is 671 g/mol. The molecule has 2 heterocycles. The van der Waals surface area contributed by atoms with Crippen molar-refractivity contribution in [2.75, 3.05) is 13.1 Å². The first-order valence-corrected chi connectivity index (χ1v) is 17.6. The van der Waals surface area contributed by atoms with Crippen LogP contribution in [-0.4, -0.2) is 39.6 Å². The molecule has 4 rings (SSSR count). The zero-order valence-electron chi connectivity index (χ0n) is 31.7. The molecule has 2 aromatic carbocycles. The van der Waals surface area contributed by atoms with Gasteiger partial charge in [0, 0.05) is 41.8 Å². The lowest BCUT2D eigenvalue weighted by molar-refractivity contribution is 0.564. The fraction of sp³-hybridized carbons (Fsp3) is 0.525. The van der Waals surface area contributed by atoms with Crippen molar-refractivity contribution in [1.82, 2.24) is 19.9 Å². The largest absolute Gasteiger partial charge is 0.370 e. The Bertz CT molecular complexity index is 1690. The molecule has 0 fully saturated rings. The number of aliphatic imine (C=N–C) groups is 1. The summed E-state index contributed by atoms with van der Waals surface area (Å²) in [6.45, 7) is 24.4. The van der Waals surface area contributed by atoms with Crippen molar-refractivity contribution in [1.29, 1.82) is 0 Å². The third kappa shape index (κ3) is 12.5. The molecule has 0 radical (unpaired) electrons. The van der Waals surface area contributed by atoms with Gasteiger partial charge in [-0.15, -0.1) is 0 Å². The molecule has 0 bridgehead atoms. The van der Waals surface area contributed by atoms with Crippen LogP contribution in [0.2, 0.25) is 0 Å². The number of guanidine groups is 1. The zero-order chi connectivity index (χ0) is 36.6. The van der Waals surface area contributed by atoms with Gasteiger partial charge < -0.3 is 27.5 Å². The lowest BCUT2D eigenvalue weighted by atomic mass is 9.79. The molecule has 0 saturated carbocycles. The molecule has 0 spiro atoms. The van der Waals surface area contributed by atoms with E-state index in [1.54, 1.807) is 4.57 Å². The van der Waals surface area contributed by atoms with Crippen molar-refractivity contribution in [3.63, 3.8) is 0 Å². The molecule has 0 amide bonds. The molecule has 0 aliphatic rings. The lowest BCUT2D eigenvalue weighted by Crippen LogP contribution is -2.23. The molecular formula is C40H62N8O. The van der Waals surface area contributed by atoms with E-state index >= 15 is 0 Å². The van der Waals surface area contributed by atoms with Gasteiger partial charge in [0.25, 0.3) is 0 Å². The van der Waals surface area contributed by atoms with Crippen LogP contribution in [0, 0.1) is 0 Å². The minimum absolute atomic E-state index is 0.0352. The minimum atomic E-state index is -0.301. The molecule has 0 saturated heterocycles. The van der Waals surface area contributed by atoms with Gasteiger partial charge in [0.1, 0.15) is 5.65 Å². The molecular weight excluding hydrogens is 608 g/mol. The maximum absolute atomic E-state index is 12.5. The molecule has 4 aromatic rings. The third-order valence-electron chi connectivity index (χ3n) is 8.52. The van der Waals surface area contributed by atoms with Crippen molar-refractivity contribution in [3.05, 3.63) is 93.2 Å². The van der Waals surface area contributed by atoms with E-state index in [1.165, 1.54) is 23.1 Å². The second kappa shape index (κ2) is 16.6. The lowest BCUT2D eigenvalue weighted by Gasteiger charge is -2.26. The highest BCUT2D eigenvalue weighted by Crippen LogP contribution is 2.31. The van der Waals surface area contributed by atoms with Gasteiger partial charge in [-0.05, 0) is 90.4 Å². The molecule has 8 N–H and O–H groups in total. The van der Waals surface area contributed by atoms with E-state index < -0.39 is 0 Å². The van der Waals surface area contributed by atoms with Gasteiger partial charge in [0.15, 0.2) is 5.96 Å². The van der Waals surface area contributed by atoms with Gasteiger partial charge in [-0.1, -0.05) is 92.6 Å². The fourth-order valence-corrected chi connectivity index (χ4v) is 5.33. The number of nitrogens with one attached hydrogen (secondary N) is 2. The minimum Gasteiger partial charge on any atom is -0.370 e. The smallest absolute Gasteiger partial charge is 0.354 e. The van der Waals surface area contributed by atoms with E-state index in [-0.39, 0.29) is 27.9 Å². The predicted molar refractivity (Wildman–Crippen MR) is 208 cm³/mol. The molecule has 1 atom stereocenters. The highest BCUT2D eigenvalue weighted by molar-refractivity contribution is 5.76. The summed E-state index contributed by atoms with van der Waals surface area (Å²) in [4.78, 5) is 23.9. The van der Waals surface area contributed by atoms with Crippen LogP contribution in [0.1, 0.15) is 116 Å². The van der Waals surface area contributed by atoms with Gasteiger partial charge >= 0.3 is 5.69 Å². The Morgan fingerprint density at radius 1 is 0.878 bits per heavy atom. The van der Waals surface area contributed by atoms with E-state index in [1.807, 2.05) is 30.5 Å². The monoisotopic (exact) mass is 671 g/mol. The normalized spacial score (nSPS) is 12.8. The number of hydrogen-bond acceptors (Lipinski definition) is 5. The van der Waals surface area contributed by atoms with E-state index in [2.05, 4.69) is 114 Å². The van der Waals surface area contributed by atoms with Crippen LogP contribution in [0.25, 0.3) is 16.7 Å². The first-order valence-electron chi connectivity index (χ1n) is 17.6. The number of nitrogens with two attached hydrogens (primary N) is 3. The van der Waals surface area contributed by atoms with E-state index in [0.717, 1.165) is 54.7 Å². The molecule has 49 heavy (non-hydrogen) atoms. The van der Waals surface area contributed by atoms with Gasteiger partial charge in [-0.2, -0.15) is 4.98 Å². The van der Waals surface area contributed by atoms with Crippen LogP contribution in [0.15, 0.2) is 64.5 Å². The number of aromatic amines is 1. The number of H-pyrrole nitrogens is 1. The number of benzene rings is 2. The number of rotatable bonds is 11. The summed E-state index contributed by atoms with van der Waals surface area (Å²) in [5.74, 6) is 0.123. The van der Waals surface area contributed by atoms with Crippen molar-refractivity contribution in [3.8, 4) is 5.69 Å². The molecule has 0 unspecified atom stereocenters. The maximum atomic E-state index is 12.5.